The fraction of sp³-hybridized carbons (Fsp3) is 1.00. The van der Waals surface area contributed by atoms with Crippen LogP contribution in [0.15, 0.2) is 0 Å². The molecule has 1 N–H and O–H groups in total. The van der Waals surface area contributed by atoms with Gasteiger partial charge in [-0.1, -0.05) is 19.8 Å². The maximum atomic E-state index is 12.0. The second-order valence-electron chi connectivity index (χ2n) is 7.59. The van der Waals surface area contributed by atoms with E-state index < -0.39 is 8.03 Å². The van der Waals surface area contributed by atoms with Gasteiger partial charge in [-0.05, 0) is 73.7 Å². The molecule has 2 nitrogen and oxygen atoms in total. The summed E-state index contributed by atoms with van der Waals surface area (Å²) in [7, 11) is -1.99. The van der Waals surface area contributed by atoms with Crippen LogP contribution in [0.4, 0.5) is 0 Å². The molecule has 0 spiro atoms. The average Bonchev–Trinajstić information content (AvgIpc) is 2.32. The summed E-state index contributed by atoms with van der Waals surface area (Å²) >= 11 is 0. The van der Waals surface area contributed by atoms with Gasteiger partial charge in [0, 0.05) is 5.41 Å². The fourth-order valence-corrected chi connectivity index (χ4v) is 7.01. The fourth-order valence-electron chi connectivity index (χ4n) is 5.82. The van der Waals surface area contributed by atoms with Crippen LogP contribution >= 0.6 is 8.03 Å². The molecule has 19 heavy (non-hydrogen) atoms. The van der Waals surface area contributed by atoms with Crippen LogP contribution in [0.25, 0.3) is 0 Å². The molecule has 0 amide bonds. The molecular formula is C16H28O2P+. The van der Waals surface area contributed by atoms with Crippen LogP contribution in [-0.2, 0) is 4.57 Å². The molecule has 4 fully saturated rings. The molecule has 2 unspecified atom stereocenters. The maximum absolute atomic E-state index is 12.0. The Bertz CT molecular complexity index is 317. The quantitative estimate of drug-likeness (QED) is 0.557. The highest BCUT2D eigenvalue weighted by atomic mass is 31.1. The van der Waals surface area contributed by atoms with Gasteiger partial charge in [0.1, 0.15) is 0 Å². The van der Waals surface area contributed by atoms with Crippen LogP contribution in [0.5, 0.6) is 0 Å². The van der Waals surface area contributed by atoms with Crippen molar-refractivity contribution < 1.29 is 9.46 Å². The zero-order valence-corrected chi connectivity index (χ0v) is 13.1. The number of hydrogen-bond donors (Lipinski definition) is 1. The van der Waals surface area contributed by atoms with Crippen molar-refractivity contribution in [3.05, 3.63) is 0 Å². The molecule has 108 valence electrons. The summed E-state index contributed by atoms with van der Waals surface area (Å²) in [5.74, 6) is 2.65. The van der Waals surface area contributed by atoms with E-state index in [-0.39, 0.29) is 11.1 Å². The van der Waals surface area contributed by atoms with E-state index in [4.69, 9.17) is 0 Å². The van der Waals surface area contributed by atoms with Crippen LogP contribution in [0.3, 0.4) is 0 Å². The summed E-state index contributed by atoms with van der Waals surface area (Å²) in [6.07, 6.45) is 12.6. The van der Waals surface area contributed by atoms with Gasteiger partial charge in [-0.2, -0.15) is 4.89 Å². The van der Waals surface area contributed by atoms with Crippen LogP contribution < -0.4 is 0 Å². The Balaban J connectivity index is 1.75. The van der Waals surface area contributed by atoms with Gasteiger partial charge in [0.15, 0.2) is 5.66 Å². The summed E-state index contributed by atoms with van der Waals surface area (Å²) in [6, 6.07) is 0. The number of hydrogen-bond acceptors (Lipinski definition) is 1. The first-order valence-electron chi connectivity index (χ1n) is 8.28. The Kier molecular flexibility index (Phi) is 4.02. The van der Waals surface area contributed by atoms with Gasteiger partial charge in [-0.25, -0.2) is 0 Å². The van der Waals surface area contributed by atoms with E-state index in [1.165, 1.54) is 51.4 Å². The van der Waals surface area contributed by atoms with Gasteiger partial charge in [-0.3, -0.25) is 0 Å². The highest BCUT2D eigenvalue weighted by Crippen LogP contribution is 2.64. The average molecular weight is 283 g/mol. The van der Waals surface area contributed by atoms with Crippen LogP contribution in [0, 0.1) is 23.2 Å². The molecule has 0 aromatic rings. The van der Waals surface area contributed by atoms with Crippen molar-refractivity contribution in [2.24, 2.45) is 23.2 Å². The monoisotopic (exact) mass is 283 g/mol. The minimum Gasteiger partial charge on any atom is -0.161 e. The molecular weight excluding hydrogens is 255 g/mol. The van der Waals surface area contributed by atoms with E-state index in [0.717, 1.165) is 30.6 Å². The highest BCUT2D eigenvalue weighted by molar-refractivity contribution is 7.39. The summed E-state index contributed by atoms with van der Waals surface area (Å²) in [4.78, 5) is 9.88. The molecule has 4 rings (SSSR count). The first-order chi connectivity index (χ1) is 9.13. The molecule has 0 radical (unpaired) electrons. The molecule has 4 aliphatic rings. The summed E-state index contributed by atoms with van der Waals surface area (Å²) in [6.45, 7) is 2.21. The van der Waals surface area contributed by atoms with Gasteiger partial charge in [0.05, 0.1) is 0 Å². The third kappa shape index (κ3) is 2.63. The molecule has 2 atom stereocenters. The lowest BCUT2D eigenvalue weighted by molar-refractivity contribution is -0.0567. The van der Waals surface area contributed by atoms with Crippen molar-refractivity contribution in [3.63, 3.8) is 0 Å². The Hall–Kier alpha value is 0.0600. The molecule has 4 bridgehead atoms. The minimum absolute atomic E-state index is 0.0995. The first kappa shape index (κ1) is 14.0. The van der Waals surface area contributed by atoms with Crippen molar-refractivity contribution in [1.29, 1.82) is 0 Å². The van der Waals surface area contributed by atoms with Crippen LogP contribution in [-0.4, -0.2) is 10.6 Å². The smallest absolute Gasteiger partial charge is 0.161 e. The number of unbranched alkanes of at least 4 members (excludes halogenated alkanes) is 2. The number of rotatable bonds is 6. The molecule has 0 saturated heterocycles. The zero-order valence-electron chi connectivity index (χ0n) is 12.2. The maximum Gasteiger partial charge on any atom is 0.509 e. The van der Waals surface area contributed by atoms with Crippen molar-refractivity contribution in [2.75, 3.05) is 0 Å². The van der Waals surface area contributed by atoms with Crippen molar-refractivity contribution in [1.82, 2.24) is 0 Å². The van der Waals surface area contributed by atoms with E-state index in [2.05, 4.69) is 6.92 Å². The van der Waals surface area contributed by atoms with E-state index in [0.29, 0.717) is 0 Å². The lowest BCUT2D eigenvalue weighted by Gasteiger charge is -2.57. The molecule has 0 aromatic carbocycles. The lowest BCUT2D eigenvalue weighted by atomic mass is 9.48. The zero-order chi connectivity index (χ0) is 13.5. The molecule has 0 aromatic heterocycles. The second-order valence-corrected chi connectivity index (χ2v) is 8.82. The third-order valence-electron chi connectivity index (χ3n) is 6.14. The first-order valence-corrected chi connectivity index (χ1v) is 9.56. The molecule has 4 saturated carbocycles. The standard InChI is InChI=1S/C16H27O2P/c1-2-3-4-5-15(19(17)18)16-9-12-6-13(10-16)8-14(7-12)11-16/h12-15H,2-11H2,1H3/p+1. The Morgan fingerprint density at radius 3 is 2.05 bits per heavy atom. The second kappa shape index (κ2) is 5.45. The predicted octanol–water partition coefficient (Wildman–Crippen LogP) is 4.89. The third-order valence-corrected chi connectivity index (χ3v) is 7.48. The van der Waals surface area contributed by atoms with E-state index >= 15 is 0 Å². The lowest BCUT2D eigenvalue weighted by Crippen LogP contribution is -2.50. The molecule has 0 heterocycles. The van der Waals surface area contributed by atoms with E-state index in [1.54, 1.807) is 0 Å². The predicted molar refractivity (Wildman–Crippen MR) is 78.4 cm³/mol. The Labute approximate surface area is 118 Å². The molecule has 3 heteroatoms. The normalized spacial score (nSPS) is 42.4. The van der Waals surface area contributed by atoms with Crippen LogP contribution in [0.1, 0.15) is 71.1 Å². The summed E-state index contributed by atoms with van der Waals surface area (Å²) in [5.41, 5.74) is 0.354. The summed E-state index contributed by atoms with van der Waals surface area (Å²) in [5, 5.41) is 0. The molecule has 0 aliphatic heterocycles. The van der Waals surface area contributed by atoms with Gasteiger partial charge >= 0.3 is 8.03 Å². The van der Waals surface area contributed by atoms with Crippen molar-refractivity contribution >= 4 is 8.03 Å². The Morgan fingerprint density at radius 1 is 1.11 bits per heavy atom. The van der Waals surface area contributed by atoms with E-state index in [1.807, 2.05) is 0 Å². The van der Waals surface area contributed by atoms with Crippen molar-refractivity contribution in [2.45, 2.75) is 76.8 Å². The largest absolute Gasteiger partial charge is 0.509 e. The SMILES string of the molecule is CCCCCC([P+](=O)O)C12CC3CC(CC(C3)C1)C2. The van der Waals surface area contributed by atoms with Crippen molar-refractivity contribution in [3.8, 4) is 0 Å². The van der Waals surface area contributed by atoms with Gasteiger partial charge in [0.25, 0.3) is 0 Å². The van der Waals surface area contributed by atoms with Gasteiger partial charge < -0.3 is 0 Å². The van der Waals surface area contributed by atoms with Crippen LogP contribution in [0.2, 0.25) is 0 Å². The molecule has 4 aliphatic carbocycles. The highest BCUT2D eigenvalue weighted by Gasteiger charge is 2.59. The Morgan fingerprint density at radius 2 is 1.63 bits per heavy atom. The van der Waals surface area contributed by atoms with E-state index in [9.17, 15) is 9.46 Å². The summed E-state index contributed by atoms with van der Waals surface area (Å²) < 4.78 is 12.0. The topological polar surface area (TPSA) is 37.3 Å². The van der Waals surface area contributed by atoms with Gasteiger partial charge in [-0.15, -0.1) is 0 Å². The van der Waals surface area contributed by atoms with Gasteiger partial charge in [0.2, 0.25) is 0 Å². The minimum atomic E-state index is -1.99.